The summed E-state index contributed by atoms with van der Waals surface area (Å²) in [6.07, 6.45) is 1.65. The normalized spacial score (nSPS) is 23.8. The Hall–Kier alpha value is -1.06. The Morgan fingerprint density at radius 2 is 2.07 bits per heavy atom. The van der Waals surface area contributed by atoms with Gasteiger partial charge in [-0.2, -0.15) is 0 Å². The highest BCUT2D eigenvalue weighted by Crippen LogP contribution is 2.30. The van der Waals surface area contributed by atoms with Gasteiger partial charge in [-0.25, -0.2) is 0 Å². The van der Waals surface area contributed by atoms with Gasteiger partial charge in [-0.3, -0.25) is 4.79 Å². The molecule has 0 saturated carbocycles. The number of nitrogens with two attached hydrogens (primary N) is 1. The number of hydrogen-bond acceptors (Lipinski definition) is 2. The van der Waals surface area contributed by atoms with Gasteiger partial charge in [0, 0.05) is 6.04 Å². The molecule has 0 bridgehead atoms. The molecule has 0 saturated heterocycles. The molecular formula is C11H14ClNO2. The highest BCUT2D eigenvalue weighted by Gasteiger charge is 2.32. The van der Waals surface area contributed by atoms with Crippen LogP contribution in [-0.2, 0) is 11.2 Å². The van der Waals surface area contributed by atoms with E-state index in [1.54, 1.807) is 0 Å². The summed E-state index contributed by atoms with van der Waals surface area (Å²) in [4.78, 5) is 11.0. The molecule has 0 aromatic heterocycles. The summed E-state index contributed by atoms with van der Waals surface area (Å²) >= 11 is 0. The van der Waals surface area contributed by atoms with Crippen LogP contribution in [0.5, 0.6) is 0 Å². The maximum atomic E-state index is 11.0. The molecule has 0 aliphatic heterocycles. The average molecular weight is 228 g/mol. The van der Waals surface area contributed by atoms with Crippen LogP contribution >= 0.6 is 12.4 Å². The van der Waals surface area contributed by atoms with Crippen LogP contribution in [-0.4, -0.2) is 17.1 Å². The summed E-state index contributed by atoms with van der Waals surface area (Å²) in [5.74, 6) is -1.34. The van der Waals surface area contributed by atoms with E-state index < -0.39 is 11.9 Å². The Morgan fingerprint density at radius 1 is 1.40 bits per heavy atom. The second-order valence-corrected chi connectivity index (χ2v) is 3.72. The Bertz CT molecular complexity index is 367. The molecule has 3 nitrogen and oxygen atoms in total. The number of aliphatic carboxylic acids is 1. The van der Waals surface area contributed by atoms with E-state index in [2.05, 4.69) is 0 Å². The summed E-state index contributed by atoms with van der Waals surface area (Å²) < 4.78 is 0. The molecule has 1 aromatic carbocycles. The zero-order chi connectivity index (χ0) is 10.1. The maximum Gasteiger partial charge on any atom is 0.312 e. The number of halogens is 1. The molecule has 2 rings (SSSR count). The fourth-order valence-corrected chi connectivity index (χ4v) is 2.10. The summed E-state index contributed by atoms with van der Waals surface area (Å²) in [6.45, 7) is 0. The molecular weight excluding hydrogens is 214 g/mol. The van der Waals surface area contributed by atoms with Gasteiger partial charge >= 0.3 is 5.97 Å². The van der Waals surface area contributed by atoms with Crippen molar-refractivity contribution in [2.24, 2.45) is 5.73 Å². The number of carboxylic acid groups (broad SMARTS) is 1. The molecule has 1 aliphatic carbocycles. The van der Waals surface area contributed by atoms with Gasteiger partial charge in [0.25, 0.3) is 0 Å². The van der Waals surface area contributed by atoms with Crippen molar-refractivity contribution in [2.45, 2.75) is 24.8 Å². The summed E-state index contributed by atoms with van der Waals surface area (Å²) in [5.41, 5.74) is 7.83. The minimum atomic E-state index is -0.815. The third kappa shape index (κ3) is 2.13. The maximum absolute atomic E-state index is 11.0. The van der Waals surface area contributed by atoms with Gasteiger partial charge < -0.3 is 10.8 Å². The van der Waals surface area contributed by atoms with Crippen molar-refractivity contribution in [2.75, 3.05) is 0 Å². The minimum absolute atomic E-state index is 0. The fraction of sp³-hybridized carbons (Fsp3) is 0.364. The molecule has 0 fully saturated rings. The number of carbonyl (C=O) groups is 1. The molecule has 1 aliphatic rings. The first-order valence-electron chi connectivity index (χ1n) is 4.76. The van der Waals surface area contributed by atoms with E-state index in [1.807, 2.05) is 24.3 Å². The quantitative estimate of drug-likeness (QED) is 0.765. The minimum Gasteiger partial charge on any atom is -0.481 e. The van der Waals surface area contributed by atoms with E-state index >= 15 is 0 Å². The van der Waals surface area contributed by atoms with Crippen molar-refractivity contribution in [3.05, 3.63) is 35.4 Å². The van der Waals surface area contributed by atoms with Crippen LogP contribution < -0.4 is 5.73 Å². The third-order valence-electron chi connectivity index (χ3n) is 2.83. The molecule has 0 amide bonds. The molecule has 1 aromatic rings. The molecule has 0 radical (unpaired) electrons. The largest absolute Gasteiger partial charge is 0.481 e. The van der Waals surface area contributed by atoms with Crippen molar-refractivity contribution in [1.29, 1.82) is 0 Å². The predicted octanol–water partition coefficient (Wildman–Crippen LogP) is 1.55. The van der Waals surface area contributed by atoms with Crippen molar-refractivity contribution < 1.29 is 9.90 Å². The Labute approximate surface area is 94.7 Å². The summed E-state index contributed by atoms with van der Waals surface area (Å²) in [6, 6.07) is 7.41. The van der Waals surface area contributed by atoms with E-state index in [-0.39, 0.29) is 18.4 Å². The van der Waals surface area contributed by atoms with Crippen LogP contribution in [0.2, 0.25) is 0 Å². The third-order valence-corrected chi connectivity index (χ3v) is 2.83. The molecule has 4 heteroatoms. The van der Waals surface area contributed by atoms with Gasteiger partial charge in [0.2, 0.25) is 0 Å². The van der Waals surface area contributed by atoms with Crippen LogP contribution in [0.4, 0.5) is 0 Å². The first-order valence-corrected chi connectivity index (χ1v) is 4.76. The zero-order valence-corrected chi connectivity index (χ0v) is 9.04. The van der Waals surface area contributed by atoms with Gasteiger partial charge in [0.05, 0.1) is 5.92 Å². The van der Waals surface area contributed by atoms with Gasteiger partial charge in [-0.1, -0.05) is 24.3 Å². The fourth-order valence-electron chi connectivity index (χ4n) is 2.10. The lowest BCUT2D eigenvalue weighted by Gasteiger charge is -2.27. The lowest BCUT2D eigenvalue weighted by molar-refractivity contribution is -0.139. The molecule has 15 heavy (non-hydrogen) atoms. The van der Waals surface area contributed by atoms with Crippen LogP contribution in [0.3, 0.4) is 0 Å². The van der Waals surface area contributed by atoms with Gasteiger partial charge in [0.15, 0.2) is 0 Å². The monoisotopic (exact) mass is 227 g/mol. The van der Waals surface area contributed by atoms with Crippen molar-refractivity contribution in [3.8, 4) is 0 Å². The first-order chi connectivity index (χ1) is 6.70. The van der Waals surface area contributed by atoms with E-state index in [0.717, 1.165) is 24.0 Å². The molecule has 3 N–H and O–H groups in total. The second kappa shape index (κ2) is 4.64. The molecule has 2 atom stereocenters. The van der Waals surface area contributed by atoms with Gasteiger partial charge in [0.1, 0.15) is 0 Å². The lowest BCUT2D eigenvalue weighted by atomic mass is 9.80. The van der Waals surface area contributed by atoms with E-state index in [4.69, 9.17) is 10.8 Å². The molecule has 82 valence electrons. The van der Waals surface area contributed by atoms with Gasteiger partial charge in [-0.05, 0) is 24.0 Å². The van der Waals surface area contributed by atoms with Crippen LogP contribution in [0.25, 0.3) is 0 Å². The van der Waals surface area contributed by atoms with Crippen molar-refractivity contribution in [3.63, 3.8) is 0 Å². The lowest BCUT2D eigenvalue weighted by Crippen LogP contribution is -2.37. The average Bonchev–Trinajstić information content (AvgIpc) is 2.17. The number of hydrogen-bond donors (Lipinski definition) is 2. The Morgan fingerprint density at radius 3 is 2.73 bits per heavy atom. The van der Waals surface area contributed by atoms with E-state index in [0.29, 0.717) is 0 Å². The highest BCUT2D eigenvalue weighted by molar-refractivity contribution is 5.85. The number of benzene rings is 1. The van der Waals surface area contributed by atoms with Crippen LogP contribution in [0.1, 0.15) is 23.5 Å². The topological polar surface area (TPSA) is 63.3 Å². The number of rotatable bonds is 1. The first kappa shape index (κ1) is 12.0. The SMILES string of the molecule is Cl.NC1CCc2ccccc2C1C(=O)O. The number of aryl methyl sites for hydroxylation is 1. The molecule has 0 spiro atoms. The summed E-state index contributed by atoms with van der Waals surface area (Å²) in [5, 5.41) is 9.08. The van der Waals surface area contributed by atoms with Crippen molar-refractivity contribution in [1.82, 2.24) is 0 Å². The van der Waals surface area contributed by atoms with Gasteiger partial charge in [-0.15, -0.1) is 12.4 Å². The molecule has 2 unspecified atom stereocenters. The highest BCUT2D eigenvalue weighted by atomic mass is 35.5. The Kier molecular flexibility index (Phi) is 3.72. The predicted molar refractivity (Wildman–Crippen MR) is 60.4 cm³/mol. The Balaban J connectivity index is 0.00000112. The molecule has 0 heterocycles. The van der Waals surface area contributed by atoms with Crippen molar-refractivity contribution >= 4 is 18.4 Å². The van der Waals surface area contributed by atoms with E-state index in [1.165, 1.54) is 0 Å². The number of carboxylic acids is 1. The smallest absolute Gasteiger partial charge is 0.312 e. The summed E-state index contributed by atoms with van der Waals surface area (Å²) in [7, 11) is 0. The van der Waals surface area contributed by atoms with Crippen LogP contribution in [0, 0.1) is 0 Å². The van der Waals surface area contributed by atoms with Crippen LogP contribution in [0.15, 0.2) is 24.3 Å². The second-order valence-electron chi connectivity index (χ2n) is 3.72. The standard InChI is InChI=1S/C11H13NO2.ClH/c12-9-6-5-7-3-1-2-4-8(7)10(9)11(13)14;/h1-4,9-10H,5-6,12H2,(H,13,14);1H. The van der Waals surface area contributed by atoms with E-state index in [9.17, 15) is 4.79 Å². The number of fused-ring (bicyclic) bond motifs is 1. The zero-order valence-electron chi connectivity index (χ0n) is 8.22.